The summed E-state index contributed by atoms with van der Waals surface area (Å²) in [4.78, 5) is -1.76. The zero-order valence-corrected chi connectivity index (χ0v) is 16.7. The number of aryl methyl sites for hydroxylation is 1. The van der Waals surface area contributed by atoms with E-state index in [-0.39, 0.29) is 27.7 Å². The Hall–Kier alpha value is -1.79. The van der Waals surface area contributed by atoms with Gasteiger partial charge in [-0.25, -0.2) is 8.42 Å². The molecule has 146 valence electrons. The van der Waals surface area contributed by atoms with Crippen LogP contribution in [0.2, 0.25) is 0 Å². The van der Waals surface area contributed by atoms with E-state index in [1.807, 2.05) is 0 Å². The predicted molar refractivity (Wildman–Crippen MR) is 94.8 cm³/mol. The van der Waals surface area contributed by atoms with Gasteiger partial charge in [-0.2, -0.15) is 16.8 Å². The van der Waals surface area contributed by atoms with Gasteiger partial charge in [0.2, 0.25) is 9.84 Å². The molecule has 2 aromatic carbocycles. The van der Waals surface area contributed by atoms with Crippen LogP contribution in [0.25, 0.3) is 0 Å². The Labute approximate surface area is 157 Å². The van der Waals surface area contributed by atoms with Crippen molar-refractivity contribution in [3.05, 3.63) is 47.0 Å². The zero-order chi connectivity index (χ0) is 20.4. The van der Waals surface area contributed by atoms with E-state index in [1.165, 1.54) is 19.1 Å². The molecule has 0 radical (unpaired) electrons. The van der Waals surface area contributed by atoms with Crippen molar-refractivity contribution < 1.29 is 34.4 Å². The number of sulfone groups is 1. The van der Waals surface area contributed by atoms with Crippen LogP contribution in [0.1, 0.15) is 29.5 Å². The molecule has 1 aliphatic heterocycles. The van der Waals surface area contributed by atoms with Gasteiger partial charge in [0.05, 0.1) is 19.6 Å². The van der Waals surface area contributed by atoms with Crippen molar-refractivity contribution in [2.45, 2.75) is 45.8 Å². The molecule has 0 aromatic heterocycles. The van der Waals surface area contributed by atoms with Gasteiger partial charge in [0, 0.05) is 0 Å². The SMILES string of the molecule is Cc1cc2c(cc1S(=O)(=O)O)S(=O)(=O)c1cc(S(=O)(=O)O)ccc1CC2C. The van der Waals surface area contributed by atoms with E-state index in [4.69, 9.17) is 0 Å². The third-order valence-corrected chi connectivity index (χ3v) is 8.29. The van der Waals surface area contributed by atoms with E-state index >= 15 is 0 Å². The van der Waals surface area contributed by atoms with Crippen LogP contribution >= 0.6 is 0 Å². The van der Waals surface area contributed by atoms with E-state index in [1.54, 1.807) is 6.92 Å². The molecule has 1 unspecified atom stereocenters. The van der Waals surface area contributed by atoms with Crippen molar-refractivity contribution in [1.82, 2.24) is 0 Å². The lowest BCUT2D eigenvalue weighted by Gasteiger charge is -2.15. The summed E-state index contributed by atoms with van der Waals surface area (Å²) < 4.78 is 91.0. The Morgan fingerprint density at radius 1 is 0.963 bits per heavy atom. The van der Waals surface area contributed by atoms with Gasteiger partial charge in [-0.05, 0) is 54.2 Å². The Morgan fingerprint density at radius 3 is 2.15 bits per heavy atom. The Balaban J connectivity index is 2.42. The summed E-state index contributed by atoms with van der Waals surface area (Å²) in [6.07, 6.45) is 0.262. The standard InChI is InChI=1S/C16H16O8S3/c1-9-5-11-3-4-12(26(19,20)21)7-15(11)25(17,18)16-8-14(27(22,23)24)10(2)6-13(9)16/h3-4,6-9H,5H2,1-2H3,(H,19,20,21)(H,22,23,24). The molecule has 11 heteroatoms. The Bertz CT molecular complexity index is 1270. The van der Waals surface area contributed by atoms with Crippen LogP contribution in [0.5, 0.6) is 0 Å². The number of rotatable bonds is 2. The smallest absolute Gasteiger partial charge is 0.282 e. The fourth-order valence-electron chi connectivity index (χ4n) is 3.26. The van der Waals surface area contributed by atoms with Gasteiger partial charge in [-0.3, -0.25) is 9.11 Å². The third-order valence-electron chi connectivity index (χ3n) is 4.56. The maximum absolute atomic E-state index is 13.2. The van der Waals surface area contributed by atoms with Gasteiger partial charge in [0.25, 0.3) is 20.2 Å². The van der Waals surface area contributed by atoms with Gasteiger partial charge in [0.1, 0.15) is 0 Å². The van der Waals surface area contributed by atoms with Crippen LogP contribution in [0, 0.1) is 6.92 Å². The highest BCUT2D eigenvalue weighted by Gasteiger charge is 2.33. The fourth-order valence-corrected chi connectivity index (χ4v) is 6.51. The highest BCUT2D eigenvalue weighted by atomic mass is 32.2. The monoisotopic (exact) mass is 432 g/mol. The summed E-state index contributed by atoms with van der Waals surface area (Å²) in [6.45, 7) is 3.20. The normalized spacial score (nSPS) is 19.0. The minimum absolute atomic E-state index is 0.197. The first-order valence-electron chi connectivity index (χ1n) is 7.70. The molecular formula is C16H16O8S3. The average molecular weight is 432 g/mol. The summed E-state index contributed by atoms with van der Waals surface area (Å²) in [5.74, 6) is -0.318. The minimum Gasteiger partial charge on any atom is -0.282 e. The van der Waals surface area contributed by atoms with Gasteiger partial charge in [-0.1, -0.05) is 19.1 Å². The van der Waals surface area contributed by atoms with Crippen molar-refractivity contribution in [3.63, 3.8) is 0 Å². The fraction of sp³-hybridized carbons (Fsp3) is 0.250. The van der Waals surface area contributed by atoms with Gasteiger partial charge >= 0.3 is 0 Å². The molecule has 1 heterocycles. The summed E-state index contributed by atoms with van der Waals surface area (Å²) >= 11 is 0. The van der Waals surface area contributed by atoms with Crippen LogP contribution in [-0.4, -0.2) is 34.4 Å². The molecule has 0 amide bonds. The quantitative estimate of drug-likeness (QED) is 0.686. The van der Waals surface area contributed by atoms with Crippen molar-refractivity contribution >= 4 is 30.1 Å². The highest BCUT2D eigenvalue weighted by molar-refractivity contribution is 7.91. The van der Waals surface area contributed by atoms with Gasteiger partial charge < -0.3 is 0 Å². The van der Waals surface area contributed by atoms with Crippen LogP contribution in [-0.2, 0) is 36.5 Å². The van der Waals surface area contributed by atoms with E-state index < -0.39 is 39.9 Å². The van der Waals surface area contributed by atoms with E-state index in [0.29, 0.717) is 11.1 Å². The molecule has 0 fully saturated rings. The lowest BCUT2D eigenvalue weighted by atomic mass is 9.93. The predicted octanol–water partition coefficient (Wildman–Crippen LogP) is 1.98. The molecule has 0 spiro atoms. The maximum atomic E-state index is 13.2. The average Bonchev–Trinajstić information content (AvgIpc) is 2.59. The third kappa shape index (κ3) is 3.41. The number of hydrogen-bond acceptors (Lipinski definition) is 6. The summed E-state index contributed by atoms with van der Waals surface area (Å²) in [6, 6.07) is 5.57. The first-order chi connectivity index (χ1) is 12.2. The first-order valence-corrected chi connectivity index (χ1v) is 12.1. The van der Waals surface area contributed by atoms with Gasteiger partial charge in [0.15, 0.2) is 0 Å². The molecule has 1 atom stereocenters. The van der Waals surface area contributed by atoms with Crippen molar-refractivity contribution in [2.24, 2.45) is 0 Å². The van der Waals surface area contributed by atoms with Gasteiger partial charge in [-0.15, -0.1) is 0 Å². The first kappa shape index (κ1) is 20.0. The second-order valence-corrected chi connectivity index (χ2v) is 11.2. The second-order valence-electron chi connectivity index (χ2n) is 6.48. The molecule has 0 aliphatic carbocycles. The number of benzene rings is 2. The number of fused-ring (bicyclic) bond motifs is 2. The molecule has 1 aliphatic rings. The second kappa shape index (κ2) is 6.11. The molecule has 0 saturated carbocycles. The molecule has 27 heavy (non-hydrogen) atoms. The molecule has 2 aromatic rings. The zero-order valence-electron chi connectivity index (χ0n) is 14.2. The van der Waals surface area contributed by atoms with Crippen molar-refractivity contribution in [2.75, 3.05) is 0 Å². The minimum atomic E-state index is -4.66. The number of hydrogen-bond donors (Lipinski definition) is 2. The lowest BCUT2D eigenvalue weighted by molar-refractivity contribution is 0.480. The van der Waals surface area contributed by atoms with E-state index in [9.17, 15) is 34.4 Å². The molecule has 0 saturated heterocycles. The Kier molecular flexibility index (Phi) is 4.51. The van der Waals surface area contributed by atoms with E-state index in [2.05, 4.69) is 0 Å². The lowest BCUT2D eigenvalue weighted by Crippen LogP contribution is -2.10. The molecular weight excluding hydrogens is 416 g/mol. The van der Waals surface area contributed by atoms with Crippen LogP contribution in [0.4, 0.5) is 0 Å². The summed E-state index contributed by atoms with van der Waals surface area (Å²) in [7, 11) is -13.6. The van der Waals surface area contributed by atoms with Crippen molar-refractivity contribution in [3.8, 4) is 0 Å². The summed E-state index contributed by atoms with van der Waals surface area (Å²) in [5.41, 5.74) is 0.907. The highest BCUT2D eigenvalue weighted by Crippen LogP contribution is 2.40. The molecule has 3 rings (SSSR count). The van der Waals surface area contributed by atoms with E-state index in [0.717, 1.165) is 18.2 Å². The van der Waals surface area contributed by atoms with Crippen LogP contribution in [0.15, 0.2) is 49.9 Å². The Morgan fingerprint density at radius 2 is 1.59 bits per heavy atom. The maximum Gasteiger partial charge on any atom is 0.294 e. The summed E-state index contributed by atoms with van der Waals surface area (Å²) in [5, 5.41) is 0. The molecule has 8 nitrogen and oxygen atoms in total. The van der Waals surface area contributed by atoms with Crippen LogP contribution in [0.3, 0.4) is 0 Å². The largest absolute Gasteiger partial charge is 0.294 e. The van der Waals surface area contributed by atoms with Crippen LogP contribution < -0.4 is 0 Å². The molecule has 0 bridgehead atoms. The van der Waals surface area contributed by atoms with Crippen molar-refractivity contribution in [1.29, 1.82) is 0 Å². The topological polar surface area (TPSA) is 143 Å². The molecule has 2 N–H and O–H groups in total.